The van der Waals surface area contributed by atoms with Gasteiger partial charge in [0.25, 0.3) is 0 Å². The quantitative estimate of drug-likeness (QED) is 0.607. The molecule has 154 valence electrons. The van der Waals surface area contributed by atoms with E-state index in [1.54, 1.807) is 22.2 Å². The molecule has 0 N–H and O–H groups in total. The molecule has 1 aromatic heterocycles. The van der Waals surface area contributed by atoms with Crippen LogP contribution in [0.1, 0.15) is 0 Å². The van der Waals surface area contributed by atoms with Crippen LogP contribution in [0.2, 0.25) is 10.0 Å². The van der Waals surface area contributed by atoms with E-state index in [1.807, 2.05) is 24.3 Å². The van der Waals surface area contributed by atoms with Crippen molar-refractivity contribution >= 4 is 44.3 Å². The highest BCUT2D eigenvalue weighted by Gasteiger charge is 2.32. The average Bonchev–Trinajstić information content (AvgIpc) is 2.93. The number of benzene rings is 2. The number of hydrogen-bond donors (Lipinski definition) is 0. The zero-order chi connectivity index (χ0) is 20.8. The highest BCUT2D eigenvalue weighted by Crippen LogP contribution is 2.31. The van der Waals surface area contributed by atoms with Crippen molar-refractivity contribution in [3.05, 3.63) is 63.0 Å². The van der Waals surface area contributed by atoms with Crippen LogP contribution < -0.4 is 5.69 Å². The number of aryl methyl sites for hydroxylation is 1. The summed E-state index contributed by atoms with van der Waals surface area (Å²) >= 11 is 12.2. The van der Waals surface area contributed by atoms with Crippen molar-refractivity contribution in [2.24, 2.45) is 7.05 Å². The predicted octanol–water partition coefficient (Wildman–Crippen LogP) is 2.61. The molecule has 0 spiro atoms. The number of fused-ring (bicyclic) bond motifs is 1. The largest absolute Gasteiger partial charge is 0.329 e. The summed E-state index contributed by atoms with van der Waals surface area (Å²) in [6.07, 6.45) is 0. The van der Waals surface area contributed by atoms with Crippen molar-refractivity contribution in [3.63, 3.8) is 0 Å². The molecule has 0 atom stereocenters. The van der Waals surface area contributed by atoms with Crippen LogP contribution >= 0.6 is 23.2 Å². The third-order valence-electron chi connectivity index (χ3n) is 5.24. The summed E-state index contributed by atoms with van der Waals surface area (Å²) in [5, 5.41) is 0.226. The van der Waals surface area contributed by atoms with Crippen molar-refractivity contribution in [2.45, 2.75) is 11.6 Å². The van der Waals surface area contributed by atoms with E-state index in [0.717, 1.165) is 11.0 Å². The highest BCUT2D eigenvalue weighted by molar-refractivity contribution is 7.89. The molecule has 1 aliphatic heterocycles. The molecule has 1 saturated heterocycles. The molecule has 3 aromatic rings. The van der Waals surface area contributed by atoms with E-state index in [1.165, 1.54) is 16.4 Å². The van der Waals surface area contributed by atoms with Crippen molar-refractivity contribution in [1.82, 2.24) is 18.3 Å². The maximum Gasteiger partial charge on any atom is 0.329 e. The van der Waals surface area contributed by atoms with Gasteiger partial charge in [0, 0.05) is 33.2 Å². The lowest BCUT2D eigenvalue weighted by Gasteiger charge is -2.34. The lowest BCUT2D eigenvalue weighted by molar-refractivity contribution is 0.152. The van der Waals surface area contributed by atoms with Crippen LogP contribution in [0.5, 0.6) is 0 Å². The number of imidazole rings is 1. The molecule has 0 saturated carbocycles. The summed E-state index contributed by atoms with van der Waals surface area (Å²) in [7, 11) is -2.04. The number of nitrogens with zero attached hydrogens (tertiary/aromatic N) is 4. The van der Waals surface area contributed by atoms with E-state index in [4.69, 9.17) is 23.2 Å². The summed E-state index contributed by atoms with van der Waals surface area (Å²) in [6, 6.07) is 12.3. The molecule has 0 unspecified atom stereocenters. The summed E-state index contributed by atoms with van der Waals surface area (Å²) < 4.78 is 30.7. The Bertz CT molecular complexity index is 1210. The summed E-state index contributed by atoms with van der Waals surface area (Å²) in [5.74, 6) is 0. The molecule has 1 aliphatic rings. The second-order valence-corrected chi connectivity index (χ2v) is 9.66. The number of hydrogen-bond acceptors (Lipinski definition) is 4. The SMILES string of the molecule is Cn1c(=O)n(CN2CCN(S(=O)(=O)c3c(Cl)cccc3Cl)CC2)c2ccccc21. The first-order valence-electron chi connectivity index (χ1n) is 9.11. The van der Waals surface area contributed by atoms with Crippen LogP contribution in [0.3, 0.4) is 0 Å². The molecule has 7 nitrogen and oxygen atoms in total. The van der Waals surface area contributed by atoms with Gasteiger partial charge in [0.15, 0.2) is 0 Å². The lowest BCUT2D eigenvalue weighted by atomic mass is 10.3. The van der Waals surface area contributed by atoms with Crippen molar-refractivity contribution in [2.75, 3.05) is 26.2 Å². The fourth-order valence-electron chi connectivity index (χ4n) is 3.67. The van der Waals surface area contributed by atoms with Crippen LogP contribution in [-0.2, 0) is 23.7 Å². The Kier molecular flexibility index (Phi) is 5.48. The molecule has 0 bridgehead atoms. The van der Waals surface area contributed by atoms with Gasteiger partial charge in [-0.2, -0.15) is 4.31 Å². The van der Waals surface area contributed by atoms with Gasteiger partial charge in [0.2, 0.25) is 10.0 Å². The van der Waals surface area contributed by atoms with Gasteiger partial charge >= 0.3 is 5.69 Å². The van der Waals surface area contributed by atoms with Crippen LogP contribution in [-0.4, -0.2) is 52.9 Å². The zero-order valence-corrected chi connectivity index (χ0v) is 18.1. The standard InChI is InChI=1S/C19H20Cl2N4O3S/c1-22-16-7-2-3-8-17(16)25(19(22)26)13-23-9-11-24(12-10-23)29(27,28)18-14(20)5-4-6-15(18)21/h2-8H,9-13H2,1H3. The van der Waals surface area contributed by atoms with Crippen molar-refractivity contribution in [1.29, 1.82) is 0 Å². The van der Waals surface area contributed by atoms with Gasteiger partial charge in [-0.3, -0.25) is 14.0 Å². The van der Waals surface area contributed by atoms with Crippen molar-refractivity contribution < 1.29 is 8.42 Å². The van der Waals surface area contributed by atoms with Crippen molar-refractivity contribution in [3.8, 4) is 0 Å². The van der Waals surface area contributed by atoms with E-state index in [2.05, 4.69) is 4.90 Å². The molecule has 10 heteroatoms. The lowest BCUT2D eigenvalue weighted by Crippen LogP contribution is -2.49. The first-order valence-corrected chi connectivity index (χ1v) is 11.3. The summed E-state index contributed by atoms with van der Waals surface area (Å²) in [4.78, 5) is 14.6. The van der Waals surface area contributed by atoms with Crippen LogP contribution in [0.15, 0.2) is 52.2 Å². The Morgan fingerprint density at radius 2 is 1.48 bits per heavy atom. The minimum atomic E-state index is -3.79. The monoisotopic (exact) mass is 454 g/mol. The number of rotatable bonds is 4. The predicted molar refractivity (Wildman–Crippen MR) is 114 cm³/mol. The minimum Gasteiger partial charge on any atom is -0.295 e. The Hall–Kier alpha value is -1.84. The molecule has 1 fully saturated rings. The Morgan fingerprint density at radius 3 is 2.10 bits per heavy atom. The summed E-state index contributed by atoms with van der Waals surface area (Å²) in [6.45, 7) is 1.99. The van der Waals surface area contributed by atoms with E-state index in [0.29, 0.717) is 32.8 Å². The number of sulfonamides is 1. The van der Waals surface area contributed by atoms with Gasteiger partial charge in [0.1, 0.15) is 4.90 Å². The average molecular weight is 455 g/mol. The third kappa shape index (κ3) is 3.60. The molecule has 0 amide bonds. The minimum absolute atomic E-state index is 0.0537. The molecule has 0 radical (unpaired) electrons. The van der Waals surface area contributed by atoms with Gasteiger partial charge < -0.3 is 0 Å². The zero-order valence-electron chi connectivity index (χ0n) is 15.8. The Morgan fingerprint density at radius 1 is 0.897 bits per heavy atom. The van der Waals surface area contributed by atoms with E-state index in [-0.39, 0.29) is 20.6 Å². The Labute approximate surface area is 178 Å². The second-order valence-electron chi connectivity index (χ2n) is 6.97. The fourth-order valence-corrected chi connectivity index (χ4v) is 6.18. The number of halogens is 2. The number of piperazine rings is 1. The number of aromatic nitrogens is 2. The van der Waals surface area contributed by atoms with Gasteiger partial charge in [-0.25, -0.2) is 13.2 Å². The first-order chi connectivity index (χ1) is 13.8. The van der Waals surface area contributed by atoms with Gasteiger partial charge in [0.05, 0.1) is 27.7 Å². The smallest absolute Gasteiger partial charge is 0.295 e. The molecule has 29 heavy (non-hydrogen) atoms. The van der Waals surface area contributed by atoms with Gasteiger partial charge in [-0.15, -0.1) is 0 Å². The second kappa shape index (κ2) is 7.77. The normalized spacial score (nSPS) is 16.5. The van der Waals surface area contributed by atoms with Gasteiger partial charge in [-0.05, 0) is 24.3 Å². The molecule has 2 aromatic carbocycles. The van der Waals surface area contributed by atoms with E-state index >= 15 is 0 Å². The van der Waals surface area contributed by atoms with Gasteiger partial charge in [-0.1, -0.05) is 41.4 Å². The maximum absolute atomic E-state index is 13.0. The fraction of sp³-hybridized carbons (Fsp3) is 0.316. The summed E-state index contributed by atoms with van der Waals surface area (Å²) in [5.41, 5.74) is 1.63. The van der Waals surface area contributed by atoms with E-state index in [9.17, 15) is 13.2 Å². The molecule has 4 rings (SSSR count). The first kappa shape index (κ1) is 20.4. The molecule has 2 heterocycles. The number of para-hydroxylation sites is 2. The molecule has 0 aliphatic carbocycles. The maximum atomic E-state index is 13.0. The van der Waals surface area contributed by atoms with Crippen LogP contribution in [0.25, 0.3) is 11.0 Å². The van der Waals surface area contributed by atoms with Crippen LogP contribution in [0.4, 0.5) is 0 Å². The highest BCUT2D eigenvalue weighted by atomic mass is 35.5. The molecular weight excluding hydrogens is 435 g/mol. The topological polar surface area (TPSA) is 67.6 Å². The molecular formula is C19H20Cl2N4O3S. The Balaban J connectivity index is 1.52. The van der Waals surface area contributed by atoms with E-state index < -0.39 is 10.0 Å². The third-order valence-corrected chi connectivity index (χ3v) is 8.10. The van der Waals surface area contributed by atoms with Crippen LogP contribution in [0, 0.1) is 0 Å².